The first-order valence-corrected chi connectivity index (χ1v) is 6.46. The highest BCUT2D eigenvalue weighted by molar-refractivity contribution is 7.86. The van der Waals surface area contributed by atoms with Gasteiger partial charge in [0, 0.05) is 12.1 Å². The molecule has 0 amide bonds. The van der Waals surface area contributed by atoms with Gasteiger partial charge in [0.15, 0.2) is 4.98 Å². The molecule has 0 saturated carbocycles. The fourth-order valence-electron chi connectivity index (χ4n) is 1.75. The van der Waals surface area contributed by atoms with Crippen LogP contribution in [0.3, 0.4) is 0 Å². The van der Waals surface area contributed by atoms with Crippen LogP contribution in [0.1, 0.15) is 0 Å². The average molecular weight is 296 g/mol. The molecule has 0 unspecified atom stereocenters. The largest absolute Gasteiger partial charge is 0.500 e. The van der Waals surface area contributed by atoms with Gasteiger partial charge in [0.05, 0.1) is 10.3 Å². The van der Waals surface area contributed by atoms with Gasteiger partial charge in [0.2, 0.25) is 11.1 Å². The molecule has 10 heteroatoms. The Kier molecular flexibility index (Phi) is 3.01. The predicted octanol–water partition coefficient (Wildman–Crippen LogP) is 2.18. The molecule has 0 atom stereocenters. The normalized spacial score (nSPS) is 11.2. The Bertz CT molecular complexity index is 884. The summed E-state index contributed by atoms with van der Waals surface area (Å²) in [5.74, 6) is -0.948. The molecule has 2 aromatic carbocycles. The van der Waals surface area contributed by atoms with Crippen molar-refractivity contribution in [2.45, 2.75) is 4.90 Å². The summed E-state index contributed by atoms with van der Waals surface area (Å²) in [6.07, 6.45) is 0. The topological polar surface area (TPSA) is 146 Å². The van der Waals surface area contributed by atoms with E-state index in [-0.39, 0.29) is 16.5 Å². The van der Waals surface area contributed by atoms with Crippen LogP contribution >= 0.6 is 0 Å². The van der Waals surface area contributed by atoms with Gasteiger partial charge in [0.25, 0.3) is 15.8 Å². The molecule has 20 heavy (non-hydrogen) atoms. The van der Waals surface area contributed by atoms with Crippen LogP contribution in [0.15, 0.2) is 29.2 Å². The van der Waals surface area contributed by atoms with E-state index in [2.05, 4.69) is 4.98 Å². The van der Waals surface area contributed by atoms with Crippen molar-refractivity contribution in [3.8, 4) is 5.75 Å². The molecule has 0 bridgehead atoms. The minimum Gasteiger partial charge on any atom is -0.500 e. The molecule has 0 fully saturated rings. The zero-order valence-corrected chi connectivity index (χ0v) is 10.4. The summed E-state index contributed by atoms with van der Waals surface area (Å²) in [6, 6.07) is 4.17. The number of hydrogen-bond donors (Lipinski definition) is 2. The fraction of sp³-hybridized carbons (Fsp3) is 0. The van der Waals surface area contributed by atoms with E-state index in [4.69, 9.17) is 9.95 Å². The molecule has 102 valence electrons. The first-order chi connectivity index (χ1) is 9.25. The Hall–Kier alpha value is -2.77. The Morgan fingerprint density at radius 3 is 2.45 bits per heavy atom. The Balaban J connectivity index is 2.97. The summed E-state index contributed by atoms with van der Waals surface area (Å²) in [4.78, 5) is 11.8. The van der Waals surface area contributed by atoms with Gasteiger partial charge in [-0.15, -0.1) is 0 Å². The van der Waals surface area contributed by atoms with Crippen LogP contribution < -0.4 is 0 Å². The number of phenols is 1. The van der Waals surface area contributed by atoms with Crippen molar-refractivity contribution in [3.05, 3.63) is 39.4 Å². The summed E-state index contributed by atoms with van der Waals surface area (Å²) in [7, 11) is -4.78. The minimum atomic E-state index is -4.78. The zero-order valence-electron chi connectivity index (χ0n) is 9.59. The first kappa shape index (κ1) is 13.7. The maximum Gasteiger partial charge on any atom is 0.435 e. The van der Waals surface area contributed by atoms with Crippen molar-refractivity contribution in [1.82, 2.24) is 0 Å². The molecule has 0 radical (unpaired) electrons. The van der Waals surface area contributed by atoms with E-state index in [0.717, 1.165) is 18.2 Å². The lowest BCUT2D eigenvalue weighted by molar-refractivity contribution is -0.384. The number of aromatic hydroxyl groups is 1. The Morgan fingerprint density at radius 2 is 1.95 bits per heavy atom. The van der Waals surface area contributed by atoms with Crippen molar-refractivity contribution in [1.29, 1.82) is 5.39 Å². The minimum absolute atomic E-state index is 0.0115. The van der Waals surface area contributed by atoms with E-state index in [1.54, 1.807) is 0 Å². The van der Waals surface area contributed by atoms with E-state index >= 15 is 0 Å². The van der Waals surface area contributed by atoms with Gasteiger partial charge < -0.3 is 5.11 Å². The molecule has 0 aliphatic carbocycles. The number of nitrogens with zero attached hydrogens (tertiary/aromatic N) is 3. The molecule has 9 nitrogen and oxygen atoms in total. The zero-order chi connectivity index (χ0) is 15.1. The third-order valence-corrected chi connectivity index (χ3v) is 3.49. The molecular formula is C10H6N3O6S+. The van der Waals surface area contributed by atoms with Gasteiger partial charge in [-0.3, -0.25) is 14.7 Å². The number of nitro groups is 1. The molecule has 2 rings (SSSR count). The van der Waals surface area contributed by atoms with Gasteiger partial charge in [-0.25, -0.2) is 0 Å². The second-order valence-electron chi connectivity index (χ2n) is 3.81. The Morgan fingerprint density at radius 1 is 1.30 bits per heavy atom. The SMILES string of the molecule is N#[N+]c1c(O)c(S(=O)(=O)O)cc2cc([N+](=O)[O-])ccc12. The van der Waals surface area contributed by atoms with Crippen molar-refractivity contribution in [2.75, 3.05) is 0 Å². The standard InChI is InChI=1S/C10H5N3O6S/c11-12-9-7-2-1-6(13(15)16)3-5(7)4-8(10(9)14)20(17,18)19/h1-4H,(H-,14,17,18,19)/p+1. The lowest BCUT2D eigenvalue weighted by Gasteiger charge is -2.02. The van der Waals surface area contributed by atoms with Gasteiger partial charge >= 0.3 is 5.69 Å². The van der Waals surface area contributed by atoms with Crippen molar-refractivity contribution < 1.29 is 23.0 Å². The molecule has 0 spiro atoms. The van der Waals surface area contributed by atoms with Gasteiger partial charge in [0.1, 0.15) is 4.90 Å². The van der Waals surface area contributed by atoms with Crippen molar-refractivity contribution in [3.63, 3.8) is 0 Å². The van der Waals surface area contributed by atoms with E-state index in [1.807, 2.05) is 0 Å². The van der Waals surface area contributed by atoms with Crippen LogP contribution in [-0.2, 0) is 10.1 Å². The number of fused-ring (bicyclic) bond motifs is 1. The maximum absolute atomic E-state index is 11.1. The Labute approximate surface area is 111 Å². The second-order valence-corrected chi connectivity index (χ2v) is 5.20. The first-order valence-electron chi connectivity index (χ1n) is 5.02. The third kappa shape index (κ3) is 2.11. The molecule has 2 aromatic rings. The van der Waals surface area contributed by atoms with Crippen LogP contribution in [0.4, 0.5) is 11.4 Å². The number of phenolic OH excluding ortho intramolecular Hbond substituents is 1. The number of diazo groups is 1. The van der Waals surface area contributed by atoms with Gasteiger partial charge in [-0.2, -0.15) is 8.42 Å². The molecule has 0 aliphatic rings. The lowest BCUT2D eigenvalue weighted by atomic mass is 10.1. The van der Waals surface area contributed by atoms with Crippen LogP contribution in [0.5, 0.6) is 5.75 Å². The van der Waals surface area contributed by atoms with Crippen LogP contribution in [0, 0.1) is 15.5 Å². The third-order valence-electron chi connectivity index (χ3n) is 2.62. The lowest BCUT2D eigenvalue weighted by Crippen LogP contribution is -1.99. The van der Waals surface area contributed by atoms with E-state index < -0.39 is 31.4 Å². The summed E-state index contributed by atoms with van der Waals surface area (Å²) in [5.41, 5.74) is -0.835. The molecule has 0 aliphatic heterocycles. The predicted molar refractivity (Wildman–Crippen MR) is 66.8 cm³/mol. The summed E-state index contributed by atoms with van der Waals surface area (Å²) in [6.45, 7) is 0. The average Bonchev–Trinajstić information content (AvgIpc) is 2.36. The summed E-state index contributed by atoms with van der Waals surface area (Å²) < 4.78 is 31.2. The number of rotatable bonds is 2. The van der Waals surface area contributed by atoms with E-state index in [0.29, 0.717) is 0 Å². The monoisotopic (exact) mass is 296 g/mol. The van der Waals surface area contributed by atoms with E-state index in [9.17, 15) is 23.6 Å². The van der Waals surface area contributed by atoms with Crippen LogP contribution in [-0.4, -0.2) is 23.0 Å². The van der Waals surface area contributed by atoms with Gasteiger partial charge in [-0.05, 0) is 17.5 Å². The molecule has 0 heterocycles. The molecule has 0 aromatic heterocycles. The number of benzene rings is 2. The van der Waals surface area contributed by atoms with Crippen LogP contribution in [0.2, 0.25) is 0 Å². The highest BCUT2D eigenvalue weighted by Gasteiger charge is 2.29. The quantitative estimate of drug-likeness (QED) is 0.373. The molecular weight excluding hydrogens is 290 g/mol. The van der Waals surface area contributed by atoms with E-state index in [1.165, 1.54) is 6.07 Å². The maximum atomic E-state index is 11.1. The van der Waals surface area contributed by atoms with Gasteiger partial charge in [-0.1, -0.05) is 0 Å². The molecule has 2 N–H and O–H groups in total. The van der Waals surface area contributed by atoms with Crippen molar-refractivity contribution in [2.24, 2.45) is 0 Å². The second kappa shape index (κ2) is 4.41. The summed E-state index contributed by atoms with van der Waals surface area (Å²) >= 11 is 0. The van der Waals surface area contributed by atoms with Crippen LogP contribution in [0.25, 0.3) is 15.7 Å². The molecule has 0 saturated heterocycles. The smallest absolute Gasteiger partial charge is 0.435 e. The number of nitro benzene ring substituents is 1. The fourth-order valence-corrected chi connectivity index (χ4v) is 2.37. The number of hydrogen-bond acceptors (Lipinski definition) is 6. The highest BCUT2D eigenvalue weighted by atomic mass is 32.2. The van der Waals surface area contributed by atoms with Crippen molar-refractivity contribution >= 4 is 32.3 Å². The summed E-state index contributed by atoms with van der Waals surface area (Å²) in [5, 5.41) is 29.3. The highest BCUT2D eigenvalue weighted by Crippen LogP contribution is 2.41. The number of non-ortho nitro benzene ring substituents is 1.